The molecule has 2 heterocycles. The molecule has 0 saturated carbocycles. The maximum Gasteiger partial charge on any atom is 0.322 e. The van der Waals surface area contributed by atoms with E-state index in [0.29, 0.717) is 0 Å². The summed E-state index contributed by atoms with van der Waals surface area (Å²) in [4.78, 5) is 25.3. The highest BCUT2D eigenvalue weighted by Crippen LogP contribution is 2.22. The number of carbonyl (C=O) groups is 2. The minimum absolute atomic E-state index is 0.325. The average molecular weight is 192 g/mol. The van der Waals surface area contributed by atoms with Crippen molar-refractivity contribution in [3.05, 3.63) is 30.1 Å². The molecule has 1 unspecified atom stereocenters. The smallest absolute Gasteiger partial charge is 0.320 e. The van der Waals surface area contributed by atoms with Crippen molar-refractivity contribution in [2.45, 2.75) is 12.5 Å². The Hall–Kier alpha value is -1.91. The van der Waals surface area contributed by atoms with Crippen molar-refractivity contribution >= 4 is 11.9 Å². The fourth-order valence-corrected chi connectivity index (χ4v) is 1.47. The summed E-state index contributed by atoms with van der Waals surface area (Å²) < 4.78 is 0. The van der Waals surface area contributed by atoms with E-state index in [0.717, 1.165) is 5.56 Å². The molecular formula is C9H10N3O2+. The zero-order valence-corrected chi connectivity index (χ0v) is 7.63. The number of nitrogens with one attached hydrogen (secondary N) is 3. The zero-order chi connectivity index (χ0) is 10.2. The van der Waals surface area contributed by atoms with Crippen LogP contribution in [0.5, 0.6) is 0 Å². The van der Waals surface area contributed by atoms with Crippen molar-refractivity contribution in [1.29, 1.82) is 0 Å². The highest BCUT2D eigenvalue weighted by Gasteiger charge is 2.43. The van der Waals surface area contributed by atoms with Gasteiger partial charge in [0.2, 0.25) is 0 Å². The Balaban J connectivity index is 2.43. The van der Waals surface area contributed by atoms with Gasteiger partial charge < -0.3 is 5.32 Å². The van der Waals surface area contributed by atoms with Gasteiger partial charge in [-0.15, -0.1) is 0 Å². The van der Waals surface area contributed by atoms with Gasteiger partial charge in [-0.25, -0.2) is 9.78 Å². The molecule has 14 heavy (non-hydrogen) atoms. The van der Waals surface area contributed by atoms with Crippen molar-refractivity contribution in [3.8, 4) is 0 Å². The van der Waals surface area contributed by atoms with Crippen LogP contribution in [0.15, 0.2) is 24.5 Å². The van der Waals surface area contributed by atoms with Crippen molar-refractivity contribution in [1.82, 2.24) is 10.6 Å². The predicted molar refractivity (Wildman–Crippen MR) is 47.0 cm³/mol. The highest BCUT2D eigenvalue weighted by molar-refractivity contribution is 6.07. The number of aromatic amines is 1. The molecule has 5 nitrogen and oxygen atoms in total. The third kappa shape index (κ3) is 1.14. The third-order valence-electron chi connectivity index (χ3n) is 2.34. The first-order valence-corrected chi connectivity index (χ1v) is 4.23. The molecular weight excluding hydrogens is 182 g/mol. The highest BCUT2D eigenvalue weighted by atomic mass is 16.2. The molecule has 0 spiro atoms. The average Bonchev–Trinajstić information content (AvgIpc) is 2.43. The summed E-state index contributed by atoms with van der Waals surface area (Å²) in [5, 5.41) is 4.79. The minimum atomic E-state index is -0.952. The Morgan fingerprint density at radius 1 is 1.29 bits per heavy atom. The summed E-state index contributed by atoms with van der Waals surface area (Å²) >= 11 is 0. The number of rotatable bonds is 1. The van der Waals surface area contributed by atoms with Crippen LogP contribution in [0, 0.1) is 0 Å². The number of hydrogen-bond acceptors (Lipinski definition) is 2. The normalized spacial score (nSPS) is 25.8. The summed E-state index contributed by atoms with van der Waals surface area (Å²) in [5.41, 5.74) is -0.203. The maximum absolute atomic E-state index is 11.5. The molecule has 1 aromatic rings. The van der Waals surface area contributed by atoms with E-state index in [1.807, 2.05) is 0 Å². The molecule has 72 valence electrons. The lowest BCUT2D eigenvalue weighted by molar-refractivity contribution is -0.378. The van der Waals surface area contributed by atoms with Crippen molar-refractivity contribution in [3.63, 3.8) is 0 Å². The maximum atomic E-state index is 11.5. The van der Waals surface area contributed by atoms with E-state index < -0.39 is 11.6 Å². The summed E-state index contributed by atoms with van der Waals surface area (Å²) in [5.74, 6) is -0.325. The standard InChI is InChI=1S/C9H9N3O2/c1-9(6-2-4-10-5-3-6)7(13)11-8(14)12-9/h2-5H,1H3,(H2,11,12,13,14)/p+1. The predicted octanol–water partition coefficient (Wildman–Crippen LogP) is -0.445. The molecule has 0 aromatic carbocycles. The minimum Gasteiger partial charge on any atom is -0.320 e. The van der Waals surface area contributed by atoms with E-state index in [1.54, 1.807) is 31.5 Å². The molecule has 0 radical (unpaired) electrons. The van der Waals surface area contributed by atoms with Gasteiger partial charge in [-0.2, -0.15) is 0 Å². The molecule has 2 rings (SSSR count). The van der Waals surface area contributed by atoms with E-state index in [1.165, 1.54) is 0 Å². The van der Waals surface area contributed by atoms with E-state index in [-0.39, 0.29) is 5.91 Å². The molecule has 3 amide bonds. The molecule has 1 saturated heterocycles. The lowest BCUT2D eigenvalue weighted by atomic mass is 9.93. The Labute approximate surface area is 80.5 Å². The van der Waals surface area contributed by atoms with E-state index in [2.05, 4.69) is 15.6 Å². The monoisotopic (exact) mass is 192 g/mol. The van der Waals surface area contributed by atoms with Gasteiger partial charge in [0.1, 0.15) is 5.54 Å². The Kier molecular flexibility index (Phi) is 1.73. The van der Waals surface area contributed by atoms with Crippen LogP contribution < -0.4 is 15.6 Å². The second-order valence-corrected chi connectivity index (χ2v) is 3.32. The zero-order valence-electron chi connectivity index (χ0n) is 7.63. The lowest BCUT2D eigenvalue weighted by Gasteiger charge is -2.19. The number of pyridine rings is 1. The number of H-pyrrole nitrogens is 1. The first kappa shape index (κ1) is 8.68. The molecule has 3 N–H and O–H groups in total. The number of urea groups is 1. The van der Waals surface area contributed by atoms with Gasteiger partial charge >= 0.3 is 6.03 Å². The summed E-state index contributed by atoms with van der Waals surface area (Å²) in [6, 6.07) is 3.06. The van der Waals surface area contributed by atoms with Crippen LogP contribution >= 0.6 is 0 Å². The van der Waals surface area contributed by atoms with Crippen LogP contribution in [0.25, 0.3) is 0 Å². The summed E-state index contributed by atoms with van der Waals surface area (Å²) in [6.07, 6.45) is 3.41. The first-order valence-electron chi connectivity index (χ1n) is 4.23. The number of amides is 3. The van der Waals surface area contributed by atoms with E-state index >= 15 is 0 Å². The number of imide groups is 1. The number of hydrogen-bond donors (Lipinski definition) is 2. The van der Waals surface area contributed by atoms with Gasteiger partial charge in [-0.1, -0.05) is 0 Å². The number of carbonyl (C=O) groups excluding carboxylic acids is 2. The van der Waals surface area contributed by atoms with Crippen LogP contribution in [-0.4, -0.2) is 11.9 Å². The Bertz CT molecular complexity index is 390. The third-order valence-corrected chi connectivity index (χ3v) is 2.34. The molecule has 0 bridgehead atoms. The first-order chi connectivity index (χ1) is 6.63. The van der Waals surface area contributed by atoms with Crippen molar-refractivity contribution < 1.29 is 14.6 Å². The molecule has 1 aliphatic heterocycles. The van der Waals surface area contributed by atoms with E-state index in [9.17, 15) is 9.59 Å². The molecule has 1 atom stereocenters. The van der Waals surface area contributed by atoms with Crippen molar-refractivity contribution in [2.24, 2.45) is 0 Å². The molecule has 1 aliphatic rings. The Morgan fingerprint density at radius 3 is 2.43 bits per heavy atom. The SMILES string of the molecule is CC1(c2cc[nH+]cc2)NC(=O)NC1=O. The molecule has 1 fully saturated rings. The quantitative estimate of drug-likeness (QED) is 0.592. The van der Waals surface area contributed by atoms with Crippen LogP contribution in [0.1, 0.15) is 12.5 Å². The van der Waals surface area contributed by atoms with Crippen LogP contribution in [0.2, 0.25) is 0 Å². The van der Waals surface area contributed by atoms with Gasteiger partial charge in [-0.05, 0) is 12.5 Å². The summed E-state index contributed by atoms with van der Waals surface area (Å²) in [6.45, 7) is 1.67. The van der Waals surface area contributed by atoms with Crippen molar-refractivity contribution in [2.75, 3.05) is 0 Å². The van der Waals surface area contributed by atoms with Gasteiger partial charge in [-0.3, -0.25) is 10.1 Å². The Morgan fingerprint density at radius 2 is 1.93 bits per heavy atom. The van der Waals surface area contributed by atoms with E-state index in [4.69, 9.17) is 0 Å². The molecule has 0 aliphatic carbocycles. The second kappa shape index (κ2) is 2.80. The van der Waals surface area contributed by atoms with Crippen LogP contribution in [0.4, 0.5) is 4.79 Å². The van der Waals surface area contributed by atoms with Gasteiger partial charge in [0.05, 0.1) is 0 Å². The lowest BCUT2D eigenvalue weighted by Crippen LogP contribution is -2.40. The summed E-state index contributed by atoms with van der Waals surface area (Å²) in [7, 11) is 0. The fourth-order valence-electron chi connectivity index (χ4n) is 1.47. The number of aromatic nitrogens is 1. The second-order valence-electron chi connectivity index (χ2n) is 3.32. The van der Waals surface area contributed by atoms with Crippen LogP contribution in [0.3, 0.4) is 0 Å². The molecule has 5 heteroatoms. The van der Waals surface area contributed by atoms with Crippen LogP contribution in [-0.2, 0) is 10.3 Å². The fraction of sp³-hybridized carbons (Fsp3) is 0.222. The van der Waals surface area contributed by atoms with Gasteiger partial charge in [0, 0.05) is 12.1 Å². The van der Waals surface area contributed by atoms with Gasteiger partial charge in [0.15, 0.2) is 12.4 Å². The topological polar surface area (TPSA) is 72.3 Å². The largest absolute Gasteiger partial charge is 0.322 e. The van der Waals surface area contributed by atoms with Gasteiger partial charge in [0.25, 0.3) is 5.91 Å². The molecule has 1 aromatic heterocycles.